The van der Waals surface area contributed by atoms with Gasteiger partial charge in [-0.2, -0.15) is 0 Å². The normalized spacial score (nSPS) is 10.8. The summed E-state index contributed by atoms with van der Waals surface area (Å²) in [5, 5.41) is 7.19. The van der Waals surface area contributed by atoms with Crippen molar-refractivity contribution in [3.05, 3.63) is 24.3 Å². The average Bonchev–Trinajstić information content (AvgIpc) is 2.47. The number of sulfonamides is 1. The van der Waals surface area contributed by atoms with Crippen molar-refractivity contribution in [1.29, 1.82) is 0 Å². The smallest absolute Gasteiger partial charge is 0.318 e. The average molecular weight is 328 g/mol. The van der Waals surface area contributed by atoms with E-state index in [2.05, 4.69) is 5.32 Å². The standard InChI is InChI=1S/C12H16N4O5S/c13-6-1-7-16(8-17)12(19)11(18)15-9-2-4-10(5-3-9)22(14,20)21/h2-5,8H,1,6-7,13H2,(H,15,18)(H2,14,20,21). The van der Waals surface area contributed by atoms with Gasteiger partial charge in [0.1, 0.15) is 0 Å². The first kappa shape index (κ1) is 17.8. The van der Waals surface area contributed by atoms with E-state index in [-0.39, 0.29) is 30.1 Å². The summed E-state index contributed by atoms with van der Waals surface area (Å²) in [6, 6.07) is 4.91. The van der Waals surface area contributed by atoms with Crippen LogP contribution in [0.15, 0.2) is 29.2 Å². The maximum atomic E-state index is 11.7. The van der Waals surface area contributed by atoms with Crippen LogP contribution in [-0.4, -0.2) is 44.6 Å². The van der Waals surface area contributed by atoms with Crippen molar-refractivity contribution in [1.82, 2.24) is 4.90 Å². The fourth-order valence-corrected chi connectivity index (χ4v) is 2.02. The van der Waals surface area contributed by atoms with Crippen LogP contribution >= 0.6 is 0 Å². The van der Waals surface area contributed by atoms with Gasteiger partial charge in [-0.1, -0.05) is 0 Å². The number of hydrogen-bond donors (Lipinski definition) is 3. The van der Waals surface area contributed by atoms with Gasteiger partial charge < -0.3 is 11.1 Å². The molecule has 1 rings (SSSR count). The Balaban J connectivity index is 2.75. The molecule has 0 spiro atoms. The number of anilines is 1. The third-order valence-corrected chi connectivity index (χ3v) is 3.56. The predicted molar refractivity (Wildman–Crippen MR) is 77.9 cm³/mol. The first-order chi connectivity index (χ1) is 10.3. The van der Waals surface area contributed by atoms with Gasteiger partial charge in [0.25, 0.3) is 0 Å². The van der Waals surface area contributed by atoms with Crippen LogP contribution in [0.4, 0.5) is 5.69 Å². The Labute approximate surface area is 127 Å². The van der Waals surface area contributed by atoms with Gasteiger partial charge in [-0.15, -0.1) is 0 Å². The Morgan fingerprint density at radius 1 is 1.23 bits per heavy atom. The summed E-state index contributed by atoms with van der Waals surface area (Å²) < 4.78 is 22.2. The lowest BCUT2D eigenvalue weighted by Gasteiger charge is -2.14. The minimum Gasteiger partial charge on any atom is -0.330 e. The van der Waals surface area contributed by atoms with Gasteiger partial charge in [-0.3, -0.25) is 19.3 Å². The number of amides is 3. The van der Waals surface area contributed by atoms with Crippen molar-refractivity contribution in [2.45, 2.75) is 11.3 Å². The summed E-state index contributed by atoms with van der Waals surface area (Å²) in [5.41, 5.74) is 5.46. The number of rotatable bonds is 6. The van der Waals surface area contributed by atoms with E-state index >= 15 is 0 Å². The molecule has 5 N–H and O–H groups in total. The maximum absolute atomic E-state index is 11.7. The molecule has 0 bridgehead atoms. The predicted octanol–water partition coefficient (Wildman–Crippen LogP) is -1.39. The molecule has 0 aliphatic heterocycles. The lowest BCUT2D eigenvalue weighted by atomic mass is 10.3. The fraction of sp³-hybridized carbons (Fsp3) is 0.250. The Kier molecular flexibility index (Phi) is 6.16. The molecule has 0 aromatic heterocycles. The molecule has 3 amide bonds. The Morgan fingerprint density at radius 3 is 2.27 bits per heavy atom. The van der Waals surface area contributed by atoms with Crippen molar-refractivity contribution in [2.75, 3.05) is 18.4 Å². The summed E-state index contributed by atoms with van der Waals surface area (Å²) in [4.78, 5) is 34.8. The van der Waals surface area contributed by atoms with Crippen molar-refractivity contribution in [3.63, 3.8) is 0 Å². The summed E-state index contributed by atoms with van der Waals surface area (Å²) in [6.07, 6.45) is 0.627. The SMILES string of the molecule is NCCCN(C=O)C(=O)C(=O)Nc1ccc(S(N)(=O)=O)cc1. The molecule has 0 saturated carbocycles. The minimum absolute atomic E-state index is 0.0383. The molecule has 0 radical (unpaired) electrons. The number of nitrogens with one attached hydrogen (secondary N) is 1. The summed E-state index contributed by atoms with van der Waals surface area (Å²) >= 11 is 0. The summed E-state index contributed by atoms with van der Waals surface area (Å²) in [6.45, 7) is 0.310. The van der Waals surface area contributed by atoms with Gasteiger partial charge >= 0.3 is 11.8 Å². The first-order valence-electron chi connectivity index (χ1n) is 6.19. The molecule has 0 saturated heterocycles. The van der Waals surface area contributed by atoms with Crippen LogP contribution in [0, 0.1) is 0 Å². The van der Waals surface area contributed by atoms with E-state index in [9.17, 15) is 22.8 Å². The molecule has 10 heteroatoms. The highest BCUT2D eigenvalue weighted by Gasteiger charge is 2.21. The highest BCUT2D eigenvalue weighted by atomic mass is 32.2. The highest BCUT2D eigenvalue weighted by Crippen LogP contribution is 2.12. The van der Waals surface area contributed by atoms with Crippen molar-refractivity contribution >= 4 is 33.9 Å². The second-order valence-corrected chi connectivity index (χ2v) is 5.83. The molecule has 0 unspecified atom stereocenters. The molecule has 0 aliphatic rings. The molecule has 0 heterocycles. The van der Waals surface area contributed by atoms with Gasteiger partial charge in [-0.05, 0) is 37.2 Å². The number of carbonyl (C=O) groups is 3. The Bertz CT molecular complexity index is 657. The van der Waals surface area contributed by atoms with Crippen LogP contribution in [0.2, 0.25) is 0 Å². The number of carbonyl (C=O) groups excluding carboxylic acids is 3. The van der Waals surface area contributed by atoms with Gasteiger partial charge in [0.2, 0.25) is 16.4 Å². The van der Waals surface area contributed by atoms with E-state index in [1.807, 2.05) is 0 Å². The molecule has 9 nitrogen and oxygen atoms in total. The van der Waals surface area contributed by atoms with Crippen LogP contribution < -0.4 is 16.2 Å². The van der Waals surface area contributed by atoms with Gasteiger partial charge in [-0.25, -0.2) is 13.6 Å². The van der Waals surface area contributed by atoms with Crippen LogP contribution in [0.1, 0.15) is 6.42 Å². The van der Waals surface area contributed by atoms with Gasteiger partial charge in [0, 0.05) is 12.2 Å². The Morgan fingerprint density at radius 2 is 1.82 bits per heavy atom. The number of nitrogens with zero attached hydrogens (tertiary/aromatic N) is 1. The first-order valence-corrected chi connectivity index (χ1v) is 7.74. The van der Waals surface area contributed by atoms with Gasteiger partial charge in [0.15, 0.2) is 0 Å². The summed E-state index contributed by atoms with van der Waals surface area (Å²) in [7, 11) is -3.84. The van der Waals surface area contributed by atoms with Crippen LogP contribution in [0.3, 0.4) is 0 Å². The molecular formula is C12H16N4O5S. The number of primary sulfonamides is 1. The second kappa shape index (κ2) is 7.64. The quantitative estimate of drug-likeness (QED) is 0.431. The molecule has 0 aliphatic carbocycles. The third kappa shape index (κ3) is 4.91. The zero-order valence-electron chi connectivity index (χ0n) is 11.6. The monoisotopic (exact) mass is 328 g/mol. The maximum Gasteiger partial charge on any atom is 0.318 e. The molecule has 0 fully saturated rings. The van der Waals surface area contributed by atoms with E-state index in [0.717, 1.165) is 0 Å². The van der Waals surface area contributed by atoms with E-state index in [0.29, 0.717) is 11.3 Å². The molecule has 120 valence electrons. The lowest BCUT2D eigenvalue weighted by molar-refractivity contribution is -0.146. The van der Waals surface area contributed by atoms with Crippen molar-refractivity contribution in [2.24, 2.45) is 10.9 Å². The Hall–Kier alpha value is -2.30. The fourth-order valence-electron chi connectivity index (χ4n) is 1.51. The minimum atomic E-state index is -3.84. The number of nitrogens with two attached hydrogens (primary N) is 2. The molecule has 1 aromatic carbocycles. The molecular weight excluding hydrogens is 312 g/mol. The highest BCUT2D eigenvalue weighted by molar-refractivity contribution is 7.89. The number of imide groups is 1. The van der Waals surface area contributed by atoms with Gasteiger partial charge in [0.05, 0.1) is 4.90 Å². The topological polar surface area (TPSA) is 153 Å². The molecule has 22 heavy (non-hydrogen) atoms. The van der Waals surface area contributed by atoms with Crippen molar-refractivity contribution < 1.29 is 22.8 Å². The zero-order chi connectivity index (χ0) is 16.8. The summed E-state index contributed by atoms with van der Waals surface area (Å²) in [5.74, 6) is -2.05. The van der Waals surface area contributed by atoms with E-state index in [4.69, 9.17) is 10.9 Å². The van der Waals surface area contributed by atoms with Crippen LogP contribution in [-0.2, 0) is 24.4 Å². The number of benzene rings is 1. The third-order valence-electron chi connectivity index (χ3n) is 2.63. The van der Waals surface area contributed by atoms with Crippen molar-refractivity contribution in [3.8, 4) is 0 Å². The van der Waals surface area contributed by atoms with Crippen LogP contribution in [0.25, 0.3) is 0 Å². The number of hydrogen-bond acceptors (Lipinski definition) is 6. The molecule has 0 atom stereocenters. The van der Waals surface area contributed by atoms with Crippen LogP contribution in [0.5, 0.6) is 0 Å². The van der Waals surface area contributed by atoms with E-state index in [1.54, 1.807) is 0 Å². The zero-order valence-corrected chi connectivity index (χ0v) is 12.4. The molecule has 1 aromatic rings. The van der Waals surface area contributed by atoms with E-state index in [1.165, 1.54) is 24.3 Å². The van der Waals surface area contributed by atoms with E-state index < -0.39 is 21.8 Å². The second-order valence-electron chi connectivity index (χ2n) is 4.27. The largest absolute Gasteiger partial charge is 0.330 e. The lowest BCUT2D eigenvalue weighted by Crippen LogP contribution is -2.39.